The molecule has 24 heavy (non-hydrogen) atoms. The number of benzene rings is 2. The Labute approximate surface area is 142 Å². The van der Waals surface area contributed by atoms with Crippen LogP contribution in [0.1, 0.15) is 5.56 Å². The van der Waals surface area contributed by atoms with Crippen molar-refractivity contribution in [1.82, 2.24) is 4.98 Å². The minimum Gasteiger partial charge on any atom is -0.506 e. The van der Waals surface area contributed by atoms with Gasteiger partial charge in [0.05, 0.1) is 10.9 Å². The largest absolute Gasteiger partial charge is 0.506 e. The number of aryl methyl sites for hydroxylation is 1. The summed E-state index contributed by atoms with van der Waals surface area (Å²) < 4.78 is 0. The van der Waals surface area contributed by atoms with Crippen molar-refractivity contribution in [3.05, 3.63) is 75.9 Å². The standard InChI is InChI=1S/C20H15NO2S/c1-12-7-9-13(10-8-12)15-11-24-20-17(15)18(22)16(19(23)21-20)14-5-3-2-4-6-14/h2-11H,1H3,(H2,21,22,23). The molecule has 0 spiro atoms. The van der Waals surface area contributed by atoms with Gasteiger partial charge in [0.15, 0.2) is 0 Å². The van der Waals surface area contributed by atoms with Gasteiger partial charge < -0.3 is 10.1 Å². The van der Waals surface area contributed by atoms with Gasteiger partial charge >= 0.3 is 0 Å². The van der Waals surface area contributed by atoms with Crippen molar-refractivity contribution in [1.29, 1.82) is 0 Å². The van der Waals surface area contributed by atoms with E-state index < -0.39 is 0 Å². The maximum Gasteiger partial charge on any atom is 0.260 e. The second kappa shape index (κ2) is 5.65. The van der Waals surface area contributed by atoms with Gasteiger partial charge in [0.2, 0.25) is 0 Å². The van der Waals surface area contributed by atoms with E-state index in [0.29, 0.717) is 21.3 Å². The van der Waals surface area contributed by atoms with E-state index in [2.05, 4.69) is 4.98 Å². The summed E-state index contributed by atoms with van der Waals surface area (Å²) in [5, 5.41) is 13.5. The molecule has 3 nitrogen and oxygen atoms in total. The smallest absolute Gasteiger partial charge is 0.260 e. The van der Waals surface area contributed by atoms with Crippen molar-refractivity contribution in [2.24, 2.45) is 0 Å². The Kier molecular flexibility index (Phi) is 3.47. The van der Waals surface area contributed by atoms with Crippen molar-refractivity contribution in [2.45, 2.75) is 6.92 Å². The van der Waals surface area contributed by atoms with Gasteiger partial charge in [-0.3, -0.25) is 4.79 Å². The molecule has 0 saturated heterocycles. The van der Waals surface area contributed by atoms with Gasteiger partial charge in [0.25, 0.3) is 5.56 Å². The first-order chi connectivity index (χ1) is 11.6. The van der Waals surface area contributed by atoms with Crippen LogP contribution in [-0.2, 0) is 0 Å². The fraction of sp³-hybridized carbons (Fsp3) is 0.0500. The summed E-state index contributed by atoms with van der Waals surface area (Å²) in [7, 11) is 0. The summed E-state index contributed by atoms with van der Waals surface area (Å²) in [5.74, 6) is 0.0387. The number of H-pyrrole nitrogens is 1. The number of aromatic nitrogens is 1. The SMILES string of the molecule is Cc1ccc(-c2csc3[nH]c(=O)c(-c4ccccc4)c(O)c23)cc1. The van der Waals surface area contributed by atoms with Crippen LogP contribution in [0.3, 0.4) is 0 Å². The second-order valence-electron chi connectivity index (χ2n) is 5.76. The zero-order valence-corrected chi connectivity index (χ0v) is 13.9. The van der Waals surface area contributed by atoms with Crippen LogP contribution in [0.4, 0.5) is 0 Å². The summed E-state index contributed by atoms with van der Waals surface area (Å²) in [5.41, 5.74) is 3.88. The molecule has 0 bridgehead atoms. The highest BCUT2D eigenvalue weighted by atomic mass is 32.1. The van der Waals surface area contributed by atoms with Crippen LogP contribution in [-0.4, -0.2) is 10.1 Å². The lowest BCUT2D eigenvalue weighted by Crippen LogP contribution is -2.08. The summed E-state index contributed by atoms with van der Waals surface area (Å²) in [6.07, 6.45) is 0. The highest BCUT2D eigenvalue weighted by Crippen LogP contribution is 2.41. The van der Waals surface area contributed by atoms with Crippen molar-refractivity contribution >= 4 is 21.6 Å². The minimum absolute atomic E-state index is 0.0387. The maximum absolute atomic E-state index is 12.4. The third kappa shape index (κ3) is 2.32. The Hall–Kier alpha value is -2.85. The molecule has 0 atom stereocenters. The molecule has 0 fully saturated rings. The molecule has 2 aromatic carbocycles. The zero-order valence-electron chi connectivity index (χ0n) is 13.0. The molecular formula is C20H15NO2S. The summed E-state index contributed by atoms with van der Waals surface area (Å²) in [6.45, 7) is 2.04. The average Bonchev–Trinajstić information content (AvgIpc) is 3.00. The Balaban J connectivity index is 2.02. The molecule has 0 saturated carbocycles. The van der Waals surface area contributed by atoms with Crippen molar-refractivity contribution in [2.75, 3.05) is 0 Å². The van der Waals surface area contributed by atoms with Gasteiger partial charge in [-0.15, -0.1) is 11.3 Å². The van der Waals surface area contributed by atoms with Crippen LogP contribution < -0.4 is 5.56 Å². The summed E-state index contributed by atoms with van der Waals surface area (Å²) >= 11 is 1.43. The minimum atomic E-state index is -0.275. The average molecular weight is 333 g/mol. The van der Waals surface area contributed by atoms with Crippen LogP contribution >= 0.6 is 11.3 Å². The van der Waals surface area contributed by atoms with Crippen LogP contribution in [0.15, 0.2) is 64.8 Å². The van der Waals surface area contributed by atoms with Crippen LogP contribution in [0.5, 0.6) is 5.75 Å². The maximum atomic E-state index is 12.4. The molecule has 0 amide bonds. The third-order valence-electron chi connectivity index (χ3n) is 4.14. The zero-order chi connectivity index (χ0) is 16.7. The highest BCUT2D eigenvalue weighted by Gasteiger charge is 2.18. The first-order valence-electron chi connectivity index (χ1n) is 7.64. The van der Waals surface area contributed by atoms with Crippen molar-refractivity contribution < 1.29 is 5.11 Å². The second-order valence-corrected chi connectivity index (χ2v) is 6.64. The lowest BCUT2D eigenvalue weighted by molar-refractivity contribution is 0.483. The molecule has 0 radical (unpaired) electrons. The number of fused-ring (bicyclic) bond motifs is 1. The first-order valence-corrected chi connectivity index (χ1v) is 8.52. The van der Waals surface area contributed by atoms with Gasteiger partial charge in [0.1, 0.15) is 10.6 Å². The number of hydrogen-bond donors (Lipinski definition) is 2. The van der Waals surface area contributed by atoms with Crippen LogP contribution in [0.2, 0.25) is 0 Å². The molecule has 2 N–H and O–H groups in total. The molecule has 118 valence electrons. The predicted octanol–water partition coefficient (Wildman–Crippen LogP) is 4.94. The van der Waals surface area contributed by atoms with Gasteiger partial charge in [-0.05, 0) is 18.1 Å². The van der Waals surface area contributed by atoms with Gasteiger partial charge in [0, 0.05) is 10.9 Å². The van der Waals surface area contributed by atoms with Gasteiger partial charge in [-0.1, -0.05) is 60.2 Å². The predicted molar refractivity (Wildman–Crippen MR) is 99.7 cm³/mol. The summed E-state index contributed by atoms with van der Waals surface area (Å²) in [4.78, 5) is 16.0. The number of thiophene rings is 1. The molecule has 2 aromatic heterocycles. The Morgan fingerprint density at radius 1 is 0.958 bits per heavy atom. The molecule has 0 aliphatic heterocycles. The van der Waals surface area contributed by atoms with E-state index in [4.69, 9.17) is 0 Å². The van der Waals surface area contributed by atoms with E-state index in [-0.39, 0.29) is 11.3 Å². The van der Waals surface area contributed by atoms with Gasteiger partial charge in [-0.2, -0.15) is 0 Å². The summed E-state index contributed by atoms with van der Waals surface area (Å²) in [6, 6.07) is 17.4. The number of aromatic amines is 1. The fourth-order valence-electron chi connectivity index (χ4n) is 2.90. The van der Waals surface area contributed by atoms with E-state index in [9.17, 15) is 9.90 Å². The molecule has 0 aliphatic carbocycles. The number of nitrogens with one attached hydrogen (secondary N) is 1. The van der Waals surface area contributed by atoms with Gasteiger partial charge in [-0.25, -0.2) is 0 Å². The molecule has 4 rings (SSSR count). The Morgan fingerprint density at radius 2 is 1.67 bits per heavy atom. The quantitative estimate of drug-likeness (QED) is 0.546. The number of pyridine rings is 1. The van der Waals surface area contributed by atoms with Crippen LogP contribution in [0, 0.1) is 6.92 Å². The van der Waals surface area contributed by atoms with Crippen LogP contribution in [0.25, 0.3) is 32.5 Å². The number of rotatable bonds is 2. The fourth-order valence-corrected chi connectivity index (χ4v) is 3.87. The van der Waals surface area contributed by atoms with Crippen molar-refractivity contribution in [3.8, 4) is 28.0 Å². The van der Waals surface area contributed by atoms with E-state index in [1.165, 1.54) is 16.9 Å². The van der Waals surface area contributed by atoms with E-state index in [0.717, 1.165) is 11.1 Å². The third-order valence-corrected chi connectivity index (χ3v) is 5.04. The molecule has 0 aliphatic rings. The van der Waals surface area contributed by atoms with Crippen molar-refractivity contribution in [3.63, 3.8) is 0 Å². The molecule has 0 unspecified atom stereocenters. The molecular weight excluding hydrogens is 318 g/mol. The molecule has 4 heteroatoms. The van der Waals surface area contributed by atoms with E-state index in [1.54, 1.807) is 0 Å². The Bertz CT molecular complexity index is 1080. The number of hydrogen-bond acceptors (Lipinski definition) is 3. The highest BCUT2D eigenvalue weighted by molar-refractivity contribution is 7.17. The Morgan fingerprint density at radius 3 is 2.38 bits per heavy atom. The van der Waals surface area contributed by atoms with E-state index in [1.807, 2.05) is 66.9 Å². The number of aromatic hydroxyl groups is 1. The molecule has 2 heterocycles. The lowest BCUT2D eigenvalue weighted by atomic mass is 10.00. The normalized spacial score (nSPS) is 11.0. The topological polar surface area (TPSA) is 53.1 Å². The van der Waals surface area contributed by atoms with E-state index >= 15 is 0 Å². The first kappa shape index (κ1) is 14.7. The monoisotopic (exact) mass is 333 g/mol. The lowest BCUT2D eigenvalue weighted by Gasteiger charge is -2.07. The molecule has 4 aromatic rings.